The van der Waals surface area contributed by atoms with Gasteiger partial charge in [0.25, 0.3) is 5.91 Å². The number of carbonyl (C=O) groups excluding carboxylic acids is 1. The van der Waals surface area contributed by atoms with Gasteiger partial charge in [0.05, 0.1) is 12.1 Å². The van der Waals surface area contributed by atoms with E-state index in [1.807, 2.05) is 20.8 Å². The molecule has 1 amide bonds. The Morgan fingerprint density at radius 1 is 1.45 bits per heavy atom. The predicted molar refractivity (Wildman–Crippen MR) is 78.7 cm³/mol. The molecule has 0 unspecified atom stereocenters. The quantitative estimate of drug-likeness (QED) is 0.857. The summed E-state index contributed by atoms with van der Waals surface area (Å²) < 4.78 is 13.9. The molecule has 4 heteroatoms. The van der Waals surface area contributed by atoms with Gasteiger partial charge < -0.3 is 10.6 Å². The number of hydrogen-bond donors (Lipinski definition) is 1. The Bertz CT molecular complexity index is 529. The van der Waals surface area contributed by atoms with Crippen LogP contribution in [0.15, 0.2) is 18.2 Å². The number of nitrogens with two attached hydrogens (primary N) is 1. The van der Waals surface area contributed by atoms with Crippen molar-refractivity contribution >= 4 is 5.91 Å². The zero-order chi connectivity index (χ0) is 15.1. The number of halogens is 1. The van der Waals surface area contributed by atoms with Crippen LogP contribution in [-0.4, -0.2) is 30.4 Å². The van der Waals surface area contributed by atoms with E-state index in [9.17, 15) is 9.18 Å². The van der Waals surface area contributed by atoms with Gasteiger partial charge in [0.15, 0.2) is 0 Å². The predicted octanol–water partition coefficient (Wildman–Crippen LogP) is 2.25. The first-order valence-electron chi connectivity index (χ1n) is 6.77. The summed E-state index contributed by atoms with van der Waals surface area (Å²) in [4.78, 5) is 14.0. The fourth-order valence-electron chi connectivity index (χ4n) is 1.89. The molecule has 20 heavy (non-hydrogen) atoms. The van der Waals surface area contributed by atoms with E-state index in [2.05, 4.69) is 11.8 Å². The van der Waals surface area contributed by atoms with Crippen LogP contribution in [0, 0.1) is 23.6 Å². The van der Waals surface area contributed by atoms with E-state index >= 15 is 0 Å². The van der Waals surface area contributed by atoms with Crippen LogP contribution in [-0.2, 0) is 0 Å². The third-order valence-corrected chi connectivity index (χ3v) is 2.79. The van der Waals surface area contributed by atoms with Gasteiger partial charge in [-0.15, -0.1) is 0 Å². The number of amides is 1. The third-order valence-electron chi connectivity index (χ3n) is 2.79. The summed E-state index contributed by atoms with van der Waals surface area (Å²) >= 11 is 0. The van der Waals surface area contributed by atoms with Crippen LogP contribution in [0.4, 0.5) is 4.39 Å². The molecule has 3 nitrogen and oxygen atoms in total. The first kappa shape index (κ1) is 16.2. The van der Waals surface area contributed by atoms with Crippen molar-refractivity contribution in [3.63, 3.8) is 0 Å². The van der Waals surface area contributed by atoms with Gasteiger partial charge in [0.1, 0.15) is 5.82 Å². The standard InChI is InChI=1S/C16H21FN2O/c1-4-19(11-12(2)3)16(20)14-10-13(6-5-9-18)7-8-15(14)17/h7-8,10,12H,4,9,11,18H2,1-3H3. The molecule has 0 atom stereocenters. The molecule has 1 aromatic rings. The Morgan fingerprint density at radius 2 is 2.15 bits per heavy atom. The zero-order valence-electron chi connectivity index (χ0n) is 12.2. The summed E-state index contributed by atoms with van der Waals surface area (Å²) in [5.41, 5.74) is 5.97. The average molecular weight is 276 g/mol. The van der Waals surface area contributed by atoms with Gasteiger partial charge in [0.2, 0.25) is 0 Å². The Hall–Kier alpha value is -1.86. The number of hydrogen-bond acceptors (Lipinski definition) is 2. The molecule has 0 saturated heterocycles. The lowest BCUT2D eigenvalue weighted by molar-refractivity contribution is 0.0741. The lowest BCUT2D eigenvalue weighted by atomic mass is 10.1. The molecule has 0 fully saturated rings. The second-order valence-electron chi connectivity index (χ2n) is 4.94. The van der Waals surface area contributed by atoms with Gasteiger partial charge in [-0.2, -0.15) is 0 Å². The fraction of sp³-hybridized carbons (Fsp3) is 0.438. The number of benzene rings is 1. The lowest BCUT2D eigenvalue weighted by Crippen LogP contribution is -2.34. The van der Waals surface area contributed by atoms with E-state index in [4.69, 9.17) is 5.73 Å². The SMILES string of the molecule is CCN(CC(C)C)C(=O)c1cc(C#CCN)ccc1F. The van der Waals surface area contributed by atoms with Gasteiger partial charge in [-0.05, 0) is 31.0 Å². The van der Waals surface area contributed by atoms with E-state index in [-0.39, 0.29) is 18.0 Å². The minimum atomic E-state index is -0.518. The van der Waals surface area contributed by atoms with Crippen molar-refractivity contribution < 1.29 is 9.18 Å². The first-order valence-corrected chi connectivity index (χ1v) is 6.77. The molecular weight excluding hydrogens is 255 g/mol. The smallest absolute Gasteiger partial charge is 0.256 e. The van der Waals surface area contributed by atoms with Crippen molar-refractivity contribution in [3.05, 3.63) is 35.1 Å². The van der Waals surface area contributed by atoms with Gasteiger partial charge in [-0.1, -0.05) is 25.7 Å². The van der Waals surface area contributed by atoms with Crippen molar-refractivity contribution in [2.45, 2.75) is 20.8 Å². The van der Waals surface area contributed by atoms with Gasteiger partial charge in [-0.25, -0.2) is 4.39 Å². The van der Waals surface area contributed by atoms with E-state index in [0.29, 0.717) is 24.6 Å². The Labute approximate surface area is 120 Å². The lowest BCUT2D eigenvalue weighted by Gasteiger charge is -2.23. The molecule has 0 saturated carbocycles. The summed E-state index contributed by atoms with van der Waals surface area (Å²) in [6.45, 7) is 7.32. The van der Waals surface area contributed by atoms with E-state index in [1.54, 1.807) is 11.0 Å². The second-order valence-corrected chi connectivity index (χ2v) is 4.94. The monoisotopic (exact) mass is 276 g/mol. The van der Waals surface area contributed by atoms with Gasteiger partial charge >= 0.3 is 0 Å². The summed E-state index contributed by atoms with van der Waals surface area (Å²) in [6.07, 6.45) is 0. The molecular formula is C16H21FN2O. The van der Waals surface area contributed by atoms with Crippen molar-refractivity contribution in [2.75, 3.05) is 19.6 Å². The molecule has 0 radical (unpaired) electrons. The van der Waals surface area contributed by atoms with Crippen molar-refractivity contribution in [2.24, 2.45) is 11.7 Å². The highest BCUT2D eigenvalue weighted by Gasteiger charge is 2.19. The largest absolute Gasteiger partial charge is 0.339 e. The molecule has 2 N–H and O–H groups in total. The van der Waals surface area contributed by atoms with E-state index < -0.39 is 5.82 Å². The zero-order valence-corrected chi connectivity index (χ0v) is 12.2. The van der Waals surface area contributed by atoms with Crippen LogP contribution in [0.2, 0.25) is 0 Å². The molecule has 1 rings (SSSR count). The molecule has 0 aromatic heterocycles. The molecule has 0 spiro atoms. The van der Waals surface area contributed by atoms with Crippen LogP contribution < -0.4 is 5.73 Å². The Morgan fingerprint density at radius 3 is 2.70 bits per heavy atom. The summed E-state index contributed by atoms with van der Waals surface area (Å²) in [5.74, 6) is 5.03. The minimum Gasteiger partial charge on any atom is -0.339 e. The molecule has 0 bridgehead atoms. The average Bonchev–Trinajstić information content (AvgIpc) is 2.43. The molecule has 1 aromatic carbocycles. The Balaban J connectivity index is 3.07. The maximum Gasteiger partial charge on any atom is 0.256 e. The summed E-state index contributed by atoms with van der Waals surface area (Å²) in [6, 6.07) is 4.31. The third kappa shape index (κ3) is 4.36. The van der Waals surface area contributed by atoms with Crippen LogP contribution >= 0.6 is 0 Å². The molecule has 0 heterocycles. The molecule has 0 aliphatic rings. The van der Waals surface area contributed by atoms with Crippen molar-refractivity contribution in [1.82, 2.24) is 4.90 Å². The van der Waals surface area contributed by atoms with Crippen LogP contribution in [0.5, 0.6) is 0 Å². The highest BCUT2D eigenvalue weighted by Crippen LogP contribution is 2.14. The number of carbonyl (C=O) groups is 1. The molecule has 0 aliphatic heterocycles. The van der Waals surface area contributed by atoms with Gasteiger partial charge in [0, 0.05) is 18.7 Å². The van der Waals surface area contributed by atoms with Crippen LogP contribution in [0.1, 0.15) is 36.7 Å². The first-order chi connectivity index (χ1) is 9.49. The van der Waals surface area contributed by atoms with Crippen LogP contribution in [0.3, 0.4) is 0 Å². The van der Waals surface area contributed by atoms with Crippen molar-refractivity contribution in [3.8, 4) is 11.8 Å². The van der Waals surface area contributed by atoms with E-state index in [0.717, 1.165) is 0 Å². The highest BCUT2D eigenvalue weighted by atomic mass is 19.1. The maximum absolute atomic E-state index is 13.9. The van der Waals surface area contributed by atoms with Crippen molar-refractivity contribution in [1.29, 1.82) is 0 Å². The maximum atomic E-state index is 13.9. The normalized spacial score (nSPS) is 10.1. The van der Waals surface area contributed by atoms with E-state index in [1.165, 1.54) is 12.1 Å². The second kappa shape index (κ2) is 7.66. The summed E-state index contributed by atoms with van der Waals surface area (Å²) in [7, 11) is 0. The fourth-order valence-corrected chi connectivity index (χ4v) is 1.89. The molecule has 108 valence electrons. The minimum absolute atomic E-state index is 0.0660. The number of rotatable bonds is 4. The van der Waals surface area contributed by atoms with Crippen LogP contribution in [0.25, 0.3) is 0 Å². The Kier molecular flexibility index (Phi) is 6.20. The number of nitrogens with zero attached hydrogens (tertiary/aromatic N) is 1. The van der Waals surface area contributed by atoms with Gasteiger partial charge in [-0.3, -0.25) is 4.79 Å². The topological polar surface area (TPSA) is 46.3 Å². The highest BCUT2D eigenvalue weighted by molar-refractivity contribution is 5.94. The summed E-state index contributed by atoms with van der Waals surface area (Å²) in [5, 5.41) is 0. The molecule has 0 aliphatic carbocycles.